The molecular formula is C37H39Cl2N5O2S. The van der Waals surface area contributed by atoms with Crippen molar-refractivity contribution in [2.75, 3.05) is 39.5 Å². The number of carbonyl (C=O) groups is 1. The maximum absolute atomic E-state index is 11.2. The van der Waals surface area contributed by atoms with Crippen LogP contribution in [0.15, 0.2) is 79.0 Å². The van der Waals surface area contributed by atoms with Gasteiger partial charge in [-0.15, -0.1) is 0 Å². The molecule has 4 aromatic carbocycles. The number of carbonyl (C=O) groups excluding carboxylic acids is 1. The summed E-state index contributed by atoms with van der Waals surface area (Å²) in [5.74, 6) is 0.885. The summed E-state index contributed by atoms with van der Waals surface area (Å²) in [5.41, 5.74) is 8.21. The van der Waals surface area contributed by atoms with Crippen molar-refractivity contribution in [1.29, 1.82) is 0 Å². The molecular weight excluding hydrogens is 649 g/mol. The van der Waals surface area contributed by atoms with E-state index in [2.05, 4.69) is 69.5 Å². The molecule has 1 atom stereocenters. The van der Waals surface area contributed by atoms with Gasteiger partial charge in [-0.1, -0.05) is 89.7 Å². The lowest BCUT2D eigenvalue weighted by Crippen LogP contribution is -2.23. The lowest BCUT2D eigenvalue weighted by Gasteiger charge is -2.19. The third-order valence-electron chi connectivity index (χ3n) is 8.78. The first kappa shape index (κ1) is 33.5. The number of benzene rings is 4. The van der Waals surface area contributed by atoms with Crippen LogP contribution in [0.4, 0.5) is 0 Å². The standard InChI is InChI=1S/C37H39Cl2N5O2S/c1-46-36-18-28(34(38)17-29(36)22-43-16-13-26(21-43)24-45)23-44-35-8-4-6-31(33(35)20-41-44)32-7-3-5-30(37(32)39)27-11-9-25(10-12-27)19-40-14-15-42-47-2/h3-12,17-18,20,24,26,40,42H,13-16,19,21-23H2,1-2H3. The second-order valence-corrected chi connectivity index (χ2v) is 13.3. The largest absolute Gasteiger partial charge is 0.496 e. The predicted molar refractivity (Wildman–Crippen MR) is 195 cm³/mol. The van der Waals surface area contributed by atoms with Crippen molar-refractivity contribution in [3.63, 3.8) is 0 Å². The van der Waals surface area contributed by atoms with E-state index in [1.54, 1.807) is 19.1 Å². The summed E-state index contributed by atoms with van der Waals surface area (Å²) in [7, 11) is 1.68. The van der Waals surface area contributed by atoms with Gasteiger partial charge in [0.05, 0.1) is 30.4 Å². The van der Waals surface area contributed by atoms with Crippen molar-refractivity contribution in [2.45, 2.75) is 26.1 Å². The van der Waals surface area contributed by atoms with Gasteiger partial charge in [-0.3, -0.25) is 14.3 Å². The van der Waals surface area contributed by atoms with Crippen molar-refractivity contribution in [3.8, 4) is 28.0 Å². The van der Waals surface area contributed by atoms with Crippen LogP contribution in [0, 0.1) is 5.92 Å². The Kier molecular flexibility index (Phi) is 11.2. The Labute approximate surface area is 290 Å². The Balaban J connectivity index is 1.22. The zero-order valence-electron chi connectivity index (χ0n) is 26.6. The predicted octanol–water partition coefficient (Wildman–Crippen LogP) is 7.71. The van der Waals surface area contributed by atoms with E-state index in [1.807, 2.05) is 35.3 Å². The molecule has 7 nitrogen and oxygen atoms in total. The Bertz CT molecular complexity index is 1850. The number of fused-ring (bicyclic) bond motifs is 1. The molecule has 0 bridgehead atoms. The molecule has 244 valence electrons. The Hall–Kier alpha value is -3.37. The van der Waals surface area contributed by atoms with Crippen LogP contribution in [0.3, 0.4) is 0 Å². The number of halogens is 2. The number of likely N-dealkylation sites (tertiary alicyclic amines) is 1. The molecule has 1 unspecified atom stereocenters. The van der Waals surface area contributed by atoms with Crippen LogP contribution in [0.1, 0.15) is 23.1 Å². The molecule has 2 N–H and O–H groups in total. The van der Waals surface area contributed by atoms with E-state index >= 15 is 0 Å². The number of rotatable bonds is 14. The monoisotopic (exact) mass is 687 g/mol. The molecule has 1 aliphatic heterocycles. The summed E-state index contributed by atoms with van der Waals surface area (Å²) in [6.45, 7) is 5.49. The van der Waals surface area contributed by atoms with Crippen LogP contribution in [0.5, 0.6) is 5.75 Å². The maximum atomic E-state index is 11.2. The fourth-order valence-electron chi connectivity index (χ4n) is 6.29. The van der Waals surface area contributed by atoms with Gasteiger partial charge < -0.3 is 14.8 Å². The van der Waals surface area contributed by atoms with Gasteiger partial charge in [0.2, 0.25) is 0 Å². The summed E-state index contributed by atoms with van der Waals surface area (Å²) >= 11 is 15.6. The van der Waals surface area contributed by atoms with E-state index in [9.17, 15) is 4.79 Å². The number of nitrogens with one attached hydrogen (secondary N) is 2. The van der Waals surface area contributed by atoms with Crippen LogP contribution in [0.25, 0.3) is 33.2 Å². The van der Waals surface area contributed by atoms with E-state index < -0.39 is 0 Å². The van der Waals surface area contributed by atoms with Crippen molar-refractivity contribution >= 4 is 52.3 Å². The molecule has 10 heteroatoms. The summed E-state index contributed by atoms with van der Waals surface area (Å²) in [4.78, 5) is 13.5. The fourth-order valence-corrected chi connectivity index (χ4v) is 7.18. The lowest BCUT2D eigenvalue weighted by atomic mass is 9.96. The minimum Gasteiger partial charge on any atom is -0.496 e. The average Bonchev–Trinajstić information content (AvgIpc) is 3.73. The van der Waals surface area contributed by atoms with Gasteiger partial charge >= 0.3 is 0 Å². The Morgan fingerprint density at radius 3 is 2.53 bits per heavy atom. The smallest absolute Gasteiger partial charge is 0.124 e. The highest BCUT2D eigenvalue weighted by molar-refractivity contribution is 7.96. The second kappa shape index (κ2) is 15.7. The third kappa shape index (κ3) is 7.70. The van der Waals surface area contributed by atoms with Gasteiger partial charge in [-0.2, -0.15) is 5.10 Å². The van der Waals surface area contributed by atoms with Crippen LogP contribution >= 0.6 is 35.1 Å². The molecule has 0 amide bonds. The SMILES string of the molecule is COc1cc(Cn2ncc3c(-c4cccc(-c5ccc(CNCCNSC)cc5)c4Cl)cccc32)c(Cl)cc1CN1CCC(C=O)C1. The molecule has 1 saturated heterocycles. The quantitative estimate of drug-likeness (QED) is 0.0704. The number of aldehydes is 1. The average molecular weight is 689 g/mol. The molecule has 1 aliphatic rings. The van der Waals surface area contributed by atoms with Gasteiger partial charge in [0.15, 0.2) is 0 Å². The van der Waals surface area contributed by atoms with E-state index in [1.165, 1.54) is 5.56 Å². The number of hydrogen-bond acceptors (Lipinski definition) is 7. The first-order valence-corrected chi connectivity index (χ1v) is 17.8. The van der Waals surface area contributed by atoms with E-state index in [4.69, 9.17) is 33.0 Å². The maximum Gasteiger partial charge on any atom is 0.124 e. The molecule has 5 aromatic rings. The molecule has 1 fully saturated rings. The minimum absolute atomic E-state index is 0.0999. The first-order chi connectivity index (χ1) is 23.0. The van der Waals surface area contributed by atoms with Crippen molar-refractivity contribution in [1.82, 2.24) is 24.7 Å². The fraction of sp³-hybridized carbons (Fsp3) is 0.297. The molecule has 0 aliphatic carbocycles. The Morgan fingerprint density at radius 2 is 1.77 bits per heavy atom. The van der Waals surface area contributed by atoms with E-state index in [0.717, 1.165) is 95.5 Å². The van der Waals surface area contributed by atoms with E-state index in [0.29, 0.717) is 23.1 Å². The highest BCUT2D eigenvalue weighted by Gasteiger charge is 2.23. The number of aromatic nitrogens is 2. The highest BCUT2D eigenvalue weighted by atomic mass is 35.5. The normalized spacial score (nSPS) is 15.0. The van der Waals surface area contributed by atoms with Gasteiger partial charge in [0.1, 0.15) is 12.0 Å². The third-order valence-corrected chi connectivity index (χ3v) is 10.0. The minimum atomic E-state index is 0.0999. The zero-order valence-corrected chi connectivity index (χ0v) is 29.0. The van der Waals surface area contributed by atoms with Crippen LogP contribution < -0.4 is 14.8 Å². The molecule has 1 aromatic heterocycles. The number of hydrogen-bond donors (Lipinski definition) is 2. The summed E-state index contributed by atoms with van der Waals surface area (Å²) in [5, 5.41) is 10.6. The first-order valence-electron chi connectivity index (χ1n) is 15.8. The van der Waals surface area contributed by atoms with Gasteiger partial charge in [-0.25, -0.2) is 0 Å². The molecule has 0 saturated carbocycles. The summed E-state index contributed by atoms with van der Waals surface area (Å²) in [6.07, 6.45) is 5.89. The topological polar surface area (TPSA) is 71.4 Å². The zero-order chi connectivity index (χ0) is 32.8. The summed E-state index contributed by atoms with van der Waals surface area (Å²) in [6, 6.07) is 25.0. The van der Waals surface area contributed by atoms with Gasteiger partial charge in [0.25, 0.3) is 0 Å². The van der Waals surface area contributed by atoms with Crippen LogP contribution in [-0.4, -0.2) is 60.5 Å². The second-order valence-electron chi connectivity index (χ2n) is 11.9. The van der Waals surface area contributed by atoms with Crippen molar-refractivity contribution in [3.05, 3.63) is 106 Å². The molecule has 2 heterocycles. The Morgan fingerprint density at radius 1 is 0.979 bits per heavy atom. The van der Waals surface area contributed by atoms with Gasteiger partial charge in [-0.05, 0) is 59.7 Å². The number of nitrogens with zero attached hydrogens (tertiary/aromatic N) is 3. The molecule has 47 heavy (non-hydrogen) atoms. The molecule has 0 radical (unpaired) electrons. The lowest BCUT2D eigenvalue weighted by molar-refractivity contribution is -0.110. The van der Waals surface area contributed by atoms with Crippen molar-refractivity contribution < 1.29 is 9.53 Å². The summed E-state index contributed by atoms with van der Waals surface area (Å²) < 4.78 is 11.0. The number of ether oxygens (including phenoxy) is 1. The van der Waals surface area contributed by atoms with Gasteiger partial charge in [0, 0.05) is 65.7 Å². The highest BCUT2D eigenvalue weighted by Crippen LogP contribution is 2.39. The van der Waals surface area contributed by atoms with Crippen LogP contribution in [0.2, 0.25) is 10.0 Å². The van der Waals surface area contributed by atoms with Crippen molar-refractivity contribution in [2.24, 2.45) is 5.92 Å². The molecule has 0 spiro atoms. The van der Waals surface area contributed by atoms with Crippen LogP contribution in [-0.2, 0) is 24.4 Å². The number of methoxy groups -OCH3 is 1. The van der Waals surface area contributed by atoms with E-state index in [-0.39, 0.29) is 5.92 Å². The molecule has 6 rings (SSSR count).